The predicted molar refractivity (Wildman–Crippen MR) is 131 cm³/mol. The summed E-state index contributed by atoms with van der Waals surface area (Å²) in [5.41, 5.74) is -0.702. The molecular weight excluding hydrogens is 511 g/mol. The Balaban J connectivity index is 1.31. The maximum atomic E-state index is 13.6. The van der Waals surface area contributed by atoms with Crippen LogP contribution in [-0.2, 0) is 25.8 Å². The number of aliphatic hydroxyl groups excluding tert-OH is 1. The van der Waals surface area contributed by atoms with Crippen LogP contribution in [0.15, 0.2) is 47.4 Å². The highest BCUT2D eigenvalue weighted by molar-refractivity contribution is 7.90. The molecule has 2 amide bonds. The first-order valence-electron chi connectivity index (χ1n) is 11.6. The number of hydrogen-bond acceptors (Lipinski definition) is 6. The number of nitrogens with one attached hydrogen (secondary N) is 2. The molecule has 11 heteroatoms. The van der Waals surface area contributed by atoms with Crippen molar-refractivity contribution < 1.29 is 32.2 Å². The third kappa shape index (κ3) is 5.82. The molecule has 0 aromatic heterocycles. The summed E-state index contributed by atoms with van der Waals surface area (Å²) in [4.78, 5) is 25.5. The van der Waals surface area contributed by atoms with Crippen molar-refractivity contribution in [3.8, 4) is 5.75 Å². The molecule has 0 saturated heterocycles. The Kier molecular flexibility index (Phi) is 7.32. The molecular formula is C25H28ClFN2O6S. The Hall–Kier alpha value is -2.69. The van der Waals surface area contributed by atoms with Crippen LogP contribution < -0.4 is 15.4 Å². The van der Waals surface area contributed by atoms with E-state index in [-0.39, 0.29) is 46.9 Å². The number of carbonyl (C=O) groups excluding carboxylic acids is 2. The number of aliphatic hydroxyl groups is 1. The van der Waals surface area contributed by atoms with E-state index in [1.807, 2.05) is 0 Å². The van der Waals surface area contributed by atoms with E-state index < -0.39 is 32.8 Å². The minimum Gasteiger partial charge on any atom is -0.484 e. The number of halogens is 2. The molecule has 2 bridgehead atoms. The lowest BCUT2D eigenvalue weighted by molar-refractivity contribution is -0.135. The second-order valence-corrected chi connectivity index (χ2v) is 12.1. The lowest BCUT2D eigenvalue weighted by Crippen LogP contribution is -2.70. The Morgan fingerprint density at radius 2 is 1.75 bits per heavy atom. The Morgan fingerprint density at radius 1 is 1.08 bits per heavy atom. The molecule has 3 saturated carbocycles. The average molecular weight is 539 g/mol. The van der Waals surface area contributed by atoms with Crippen molar-refractivity contribution in [3.05, 3.63) is 58.9 Å². The van der Waals surface area contributed by atoms with Gasteiger partial charge >= 0.3 is 0 Å². The highest BCUT2D eigenvalue weighted by Crippen LogP contribution is 2.47. The lowest BCUT2D eigenvalue weighted by atomic mass is 9.60. The van der Waals surface area contributed by atoms with Crippen molar-refractivity contribution in [2.45, 2.75) is 60.6 Å². The van der Waals surface area contributed by atoms with Gasteiger partial charge in [-0.1, -0.05) is 23.7 Å². The fraction of sp³-hybridized carbons (Fsp3) is 0.440. The minimum atomic E-state index is -3.31. The zero-order chi connectivity index (χ0) is 26.1. The lowest BCUT2D eigenvalue weighted by Gasteiger charge is -2.56. The molecule has 36 heavy (non-hydrogen) atoms. The van der Waals surface area contributed by atoms with E-state index in [0.29, 0.717) is 31.2 Å². The molecule has 2 aromatic carbocycles. The van der Waals surface area contributed by atoms with Gasteiger partial charge < -0.3 is 20.5 Å². The molecule has 1 atom stereocenters. The van der Waals surface area contributed by atoms with E-state index in [9.17, 15) is 27.5 Å². The molecule has 3 N–H and O–H groups in total. The molecule has 0 aliphatic heterocycles. The fourth-order valence-electron chi connectivity index (χ4n) is 5.07. The van der Waals surface area contributed by atoms with Gasteiger partial charge in [0.25, 0.3) is 5.91 Å². The molecule has 194 valence electrons. The second kappa shape index (κ2) is 9.99. The number of fused-ring (bicyclic) bond motifs is 3. The number of ether oxygens (including phenoxy) is 1. The Labute approximate surface area is 214 Å². The van der Waals surface area contributed by atoms with Crippen LogP contribution in [0.3, 0.4) is 0 Å². The van der Waals surface area contributed by atoms with E-state index in [2.05, 4.69) is 10.6 Å². The summed E-state index contributed by atoms with van der Waals surface area (Å²) in [6, 6.07) is 10.1. The van der Waals surface area contributed by atoms with Crippen LogP contribution in [0.25, 0.3) is 0 Å². The molecule has 1 unspecified atom stereocenters. The molecule has 8 nitrogen and oxygen atoms in total. The number of carbonyl (C=O) groups is 2. The number of sulfone groups is 1. The van der Waals surface area contributed by atoms with Crippen molar-refractivity contribution >= 4 is 33.3 Å². The van der Waals surface area contributed by atoms with Gasteiger partial charge in [-0.15, -0.1) is 0 Å². The number of amides is 2. The standard InChI is InChI=1S/C25H28ClFN2O6S/c1-36(33,34)18-5-2-16(3-6-18)12-22(31)29-25-10-8-24(9-11-25,14-21(25)30)28-23(32)15-35-17-4-7-19(26)20(27)13-17/h2-7,13,21,30H,8-12,14-15H2,1H3,(H,28,32)(H,29,31). The van der Waals surface area contributed by atoms with Crippen LogP contribution in [0.5, 0.6) is 5.75 Å². The minimum absolute atomic E-state index is 0.0375. The topological polar surface area (TPSA) is 122 Å². The first kappa shape index (κ1) is 26.4. The quantitative estimate of drug-likeness (QED) is 0.475. The van der Waals surface area contributed by atoms with Gasteiger partial charge in [0.1, 0.15) is 11.6 Å². The second-order valence-electron chi connectivity index (χ2n) is 9.71. The van der Waals surface area contributed by atoms with Crippen molar-refractivity contribution in [2.24, 2.45) is 0 Å². The molecule has 0 spiro atoms. The molecule has 3 aliphatic rings. The largest absolute Gasteiger partial charge is 0.484 e. The van der Waals surface area contributed by atoms with Gasteiger partial charge in [0.05, 0.1) is 28.0 Å². The molecule has 3 fully saturated rings. The SMILES string of the molecule is CS(=O)(=O)c1ccc(CC(=O)NC23CCC(NC(=O)COc4ccc(Cl)c(F)c4)(CC2)CC3O)cc1. The zero-order valence-electron chi connectivity index (χ0n) is 19.7. The maximum Gasteiger partial charge on any atom is 0.258 e. The summed E-state index contributed by atoms with van der Waals surface area (Å²) in [6.45, 7) is -0.307. The third-order valence-corrected chi connectivity index (χ3v) is 8.53. The first-order chi connectivity index (χ1) is 16.9. The summed E-state index contributed by atoms with van der Waals surface area (Å²) in [5, 5.41) is 16.8. The van der Waals surface area contributed by atoms with E-state index >= 15 is 0 Å². The van der Waals surface area contributed by atoms with Crippen LogP contribution in [-0.4, -0.2) is 55.4 Å². The third-order valence-electron chi connectivity index (χ3n) is 7.09. The van der Waals surface area contributed by atoms with Crippen LogP contribution in [0, 0.1) is 5.82 Å². The van der Waals surface area contributed by atoms with Gasteiger partial charge in [-0.3, -0.25) is 9.59 Å². The highest BCUT2D eigenvalue weighted by atomic mass is 35.5. The van der Waals surface area contributed by atoms with E-state index in [1.54, 1.807) is 12.1 Å². The van der Waals surface area contributed by atoms with Gasteiger partial charge in [0.2, 0.25) is 5.91 Å². The van der Waals surface area contributed by atoms with Crippen LogP contribution >= 0.6 is 11.6 Å². The van der Waals surface area contributed by atoms with Gasteiger partial charge in [-0.25, -0.2) is 12.8 Å². The van der Waals surface area contributed by atoms with E-state index in [4.69, 9.17) is 16.3 Å². The molecule has 3 aliphatic carbocycles. The first-order valence-corrected chi connectivity index (χ1v) is 13.8. The van der Waals surface area contributed by atoms with Crippen molar-refractivity contribution in [3.63, 3.8) is 0 Å². The Morgan fingerprint density at radius 3 is 2.33 bits per heavy atom. The van der Waals surface area contributed by atoms with Gasteiger partial charge in [-0.2, -0.15) is 0 Å². The summed E-state index contributed by atoms with van der Waals surface area (Å²) in [7, 11) is -3.31. The monoisotopic (exact) mass is 538 g/mol. The fourth-order valence-corrected chi connectivity index (χ4v) is 5.82. The zero-order valence-corrected chi connectivity index (χ0v) is 21.3. The van der Waals surface area contributed by atoms with Gasteiger partial charge in [-0.05, 0) is 61.9 Å². The highest BCUT2D eigenvalue weighted by Gasteiger charge is 2.55. The normalized spacial score (nSPS) is 25.3. The van der Waals surface area contributed by atoms with E-state index in [1.165, 1.54) is 24.3 Å². The van der Waals surface area contributed by atoms with Crippen molar-refractivity contribution in [1.82, 2.24) is 10.6 Å². The molecule has 5 rings (SSSR count). The van der Waals surface area contributed by atoms with Crippen LogP contribution in [0.2, 0.25) is 5.02 Å². The Bertz CT molecular complexity index is 1260. The maximum absolute atomic E-state index is 13.6. The molecule has 2 aromatic rings. The van der Waals surface area contributed by atoms with Gasteiger partial charge in [0.15, 0.2) is 16.4 Å². The summed E-state index contributed by atoms with van der Waals surface area (Å²) >= 11 is 5.65. The van der Waals surface area contributed by atoms with Crippen LogP contribution in [0.4, 0.5) is 4.39 Å². The summed E-state index contributed by atoms with van der Waals surface area (Å²) in [5.74, 6) is -1.10. The summed E-state index contributed by atoms with van der Waals surface area (Å²) in [6.07, 6.45) is 2.78. The molecule has 0 heterocycles. The number of rotatable bonds is 8. The number of benzene rings is 2. The summed E-state index contributed by atoms with van der Waals surface area (Å²) < 4.78 is 42.1. The van der Waals surface area contributed by atoms with Gasteiger partial charge in [0, 0.05) is 17.9 Å². The van der Waals surface area contributed by atoms with Crippen molar-refractivity contribution in [1.29, 1.82) is 0 Å². The van der Waals surface area contributed by atoms with Crippen molar-refractivity contribution in [2.75, 3.05) is 12.9 Å². The predicted octanol–water partition coefficient (Wildman–Crippen LogP) is 2.55. The number of hydrogen-bond donors (Lipinski definition) is 3. The van der Waals surface area contributed by atoms with Crippen LogP contribution in [0.1, 0.15) is 37.7 Å². The molecule has 0 radical (unpaired) electrons. The average Bonchev–Trinajstić information content (AvgIpc) is 2.81. The van der Waals surface area contributed by atoms with E-state index in [0.717, 1.165) is 12.3 Å². The smallest absolute Gasteiger partial charge is 0.258 e.